The van der Waals surface area contributed by atoms with Crippen molar-refractivity contribution in [3.8, 4) is 11.3 Å². The van der Waals surface area contributed by atoms with Crippen LogP contribution in [0.1, 0.15) is 41.3 Å². The average molecular weight is 336 g/mol. The van der Waals surface area contributed by atoms with E-state index in [0.29, 0.717) is 16.6 Å². The molecule has 1 N–H and O–H groups in total. The summed E-state index contributed by atoms with van der Waals surface area (Å²) in [5, 5.41) is 5.46. The number of thiazole rings is 1. The summed E-state index contributed by atoms with van der Waals surface area (Å²) in [6, 6.07) is 15.9. The number of carbonyl (C=O) groups is 1. The van der Waals surface area contributed by atoms with E-state index < -0.39 is 0 Å². The maximum Gasteiger partial charge on any atom is 0.257 e. The molecule has 1 heterocycles. The maximum atomic E-state index is 12.3. The lowest BCUT2D eigenvalue weighted by molar-refractivity contribution is 0.102. The highest BCUT2D eigenvalue weighted by Gasteiger charge is 2.10. The van der Waals surface area contributed by atoms with Crippen molar-refractivity contribution in [1.29, 1.82) is 0 Å². The molecule has 0 atom stereocenters. The third-order valence-electron chi connectivity index (χ3n) is 3.88. The Labute approximate surface area is 146 Å². The van der Waals surface area contributed by atoms with Crippen LogP contribution in [0.25, 0.3) is 11.3 Å². The standard InChI is InChI=1S/C20H20N2OS/c1-13(2)15-7-9-16(10-8-15)18-12-24-20(21-18)22-19(23)17-6-4-5-14(3)11-17/h4-13H,1-3H3,(H,21,22,23). The second-order valence-corrected chi connectivity index (χ2v) is 7.00. The van der Waals surface area contributed by atoms with Crippen molar-refractivity contribution in [2.45, 2.75) is 26.7 Å². The van der Waals surface area contributed by atoms with Gasteiger partial charge in [0.2, 0.25) is 0 Å². The number of aryl methyl sites for hydroxylation is 1. The number of hydrogen-bond acceptors (Lipinski definition) is 3. The molecule has 2 aromatic carbocycles. The van der Waals surface area contributed by atoms with E-state index in [1.165, 1.54) is 16.9 Å². The van der Waals surface area contributed by atoms with Gasteiger partial charge in [0, 0.05) is 16.5 Å². The lowest BCUT2D eigenvalue weighted by Crippen LogP contribution is -2.11. The van der Waals surface area contributed by atoms with Crippen LogP contribution in [0.3, 0.4) is 0 Å². The van der Waals surface area contributed by atoms with E-state index in [4.69, 9.17) is 0 Å². The third-order valence-corrected chi connectivity index (χ3v) is 4.64. The van der Waals surface area contributed by atoms with Crippen LogP contribution < -0.4 is 5.32 Å². The Morgan fingerprint density at radius 3 is 2.54 bits per heavy atom. The number of aromatic nitrogens is 1. The van der Waals surface area contributed by atoms with Crippen LogP contribution in [0.2, 0.25) is 0 Å². The molecule has 0 saturated carbocycles. The van der Waals surface area contributed by atoms with Gasteiger partial charge in [-0.1, -0.05) is 55.8 Å². The fourth-order valence-electron chi connectivity index (χ4n) is 2.46. The number of nitrogens with zero attached hydrogens (tertiary/aromatic N) is 1. The predicted molar refractivity (Wildman–Crippen MR) is 101 cm³/mol. The summed E-state index contributed by atoms with van der Waals surface area (Å²) >= 11 is 1.44. The quantitative estimate of drug-likeness (QED) is 0.684. The molecule has 0 fully saturated rings. The van der Waals surface area contributed by atoms with Crippen LogP contribution in [0.5, 0.6) is 0 Å². The Kier molecular flexibility index (Phi) is 4.76. The van der Waals surface area contributed by atoms with E-state index in [9.17, 15) is 4.79 Å². The Balaban J connectivity index is 1.74. The topological polar surface area (TPSA) is 42.0 Å². The first kappa shape index (κ1) is 16.4. The van der Waals surface area contributed by atoms with Crippen LogP contribution in [0.4, 0.5) is 5.13 Å². The summed E-state index contributed by atoms with van der Waals surface area (Å²) in [6.45, 7) is 6.33. The molecule has 0 aliphatic heterocycles. The van der Waals surface area contributed by atoms with E-state index in [0.717, 1.165) is 16.8 Å². The highest BCUT2D eigenvalue weighted by molar-refractivity contribution is 7.14. The number of amides is 1. The second-order valence-electron chi connectivity index (χ2n) is 6.14. The summed E-state index contributed by atoms with van der Waals surface area (Å²) in [7, 11) is 0. The zero-order chi connectivity index (χ0) is 17.1. The van der Waals surface area contributed by atoms with Gasteiger partial charge in [0.05, 0.1) is 5.69 Å². The first-order valence-electron chi connectivity index (χ1n) is 7.97. The minimum atomic E-state index is -0.130. The highest BCUT2D eigenvalue weighted by Crippen LogP contribution is 2.26. The molecule has 24 heavy (non-hydrogen) atoms. The monoisotopic (exact) mass is 336 g/mol. The molecule has 3 rings (SSSR count). The molecule has 122 valence electrons. The van der Waals surface area contributed by atoms with Crippen LogP contribution in [-0.4, -0.2) is 10.9 Å². The van der Waals surface area contributed by atoms with Crippen molar-refractivity contribution in [2.75, 3.05) is 5.32 Å². The lowest BCUT2D eigenvalue weighted by Gasteiger charge is -2.05. The maximum absolute atomic E-state index is 12.3. The van der Waals surface area contributed by atoms with E-state index in [1.807, 2.05) is 36.6 Å². The van der Waals surface area contributed by atoms with Crippen LogP contribution in [0, 0.1) is 6.92 Å². The Hall–Kier alpha value is -2.46. The molecule has 0 radical (unpaired) electrons. The van der Waals surface area contributed by atoms with Gasteiger partial charge in [0.1, 0.15) is 0 Å². The SMILES string of the molecule is Cc1cccc(C(=O)Nc2nc(-c3ccc(C(C)C)cc3)cs2)c1. The minimum Gasteiger partial charge on any atom is -0.298 e. The fraction of sp³-hybridized carbons (Fsp3) is 0.200. The van der Waals surface area contributed by atoms with E-state index in [2.05, 4.69) is 48.4 Å². The van der Waals surface area contributed by atoms with Crippen molar-refractivity contribution in [3.05, 3.63) is 70.6 Å². The molecule has 3 aromatic rings. The van der Waals surface area contributed by atoms with Crippen molar-refractivity contribution in [3.63, 3.8) is 0 Å². The normalized spacial score (nSPS) is 10.8. The number of rotatable bonds is 4. The Morgan fingerprint density at radius 2 is 1.88 bits per heavy atom. The highest BCUT2D eigenvalue weighted by atomic mass is 32.1. The van der Waals surface area contributed by atoms with Gasteiger partial charge in [-0.3, -0.25) is 10.1 Å². The van der Waals surface area contributed by atoms with Gasteiger partial charge < -0.3 is 0 Å². The van der Waals surface area contributed by atoms with E-state index in [1.54, 1.807) is 0 Å². The largest absolute Gasteiger partial charge is 0.298 e. The zero-order valence-electron chi connectivity index (χ0n) is 14.0. The van der Waals surface area contributed by atoms with E-state index >= 15 is 0 Å². The van der Waals surface area contributed by atoms with Gasteiger partial charge in [-0.25, -0.2) is 4.98 Å². The molecule has 0 aliphatic carbocycles. The van der Waals surface area contributed by atoms with Crippen LogP contribution >= 0.6 is 11.3 Å². The summed E-state index contributed by atoms with van der Waals surface area (Å²) in [4.78, 5) is 16.8. The second kappa shape index (κ2) is 6.97. The summed E-state index contributed by atoms with van der Waals surface area (Å²) in [5.74, 6) is 0.383. The zero-order valence-corrected chi connectivity index (χ0v) is 14.9. The molecule has 3 nitrogen and oxygen atoms in total. The average Bonchev–Trinajstić information content (AvgIpc) is 3.03. The first-order valence-corrected chi connectivity index (χ1v) is 8.85. The van der Waals surface area contributed by atoms with Crippen LogP contribution in [-0.2, 0) is 0 Å². The number of hydrogen-bond donors (Lipinski definition) is 1. The molecule has 1 amide bonds. The number of benzene rings is 2. The van der Waals surface area contributed by atoms with Gasteiger partial charge >= 0.3 is 0 Å². The smallest absolute Gasteiger partial charge is 0.257 e. The lowest BCUT2D eigenvalue weighted by atomic mass is 10.0. The fourth-order valence-corrected chi connectivity index (χ4v) is 3.17. The Morgan fingerprint density at radius 1 is 1.12 bits per heavy atom. The Bertz CT molecular complexity index is 850. The molecule has 0 spiro atoms. The summed E-state index contributed by atoms with van der Waals surface area (Å²) in [6.07, 6.45) is 0. The molecule has 4 heteroatoms. The van der Waals surface area contributed by atoms with Crippen molar-refractivity contribution >= 4 is 22.4 Å². The summed E-state index contributed by atoms with van der Waals surface area (Å²) < 4.78 is 0. The van der Waals surface area contributed by atoms with Crippen molar-refractivity contribution in [1.82, 2.24) is 4.98 Å². The molecule has 0 bridgehead atoms. The molecule has 0 unspecified atom stereocenters. The van der Waals surface area contributed by atoms with Gasteiger partial charge in [0.25, 0.3) is 5.91 Å². The van der Waals surface area contributed by atoms with Crippen molar-refractivity contribution in [2.24, 2.45) is 0 Å². The number of anilines is 1. The number of nitrogens with one attached hydrogen (secondary N) is 1. The number of carbonyl (C=O) groups excluding carboxylic acids is 1. The van der Waals surface area contributed by atoms with Gasteiger partial charge in [-0.15, -0.1) is 11.3 Å². The van der Waals surface area contributed by atoms with E-state index in [-0.39, 0.29) is 5.91 Å². The molecular weight excluding hydrogens is 316 g/mol. The summed E-state index contributed by atoms with van der Waals surface area (Å²) in [5.41, 5.74) is 4.96. The predicted octanol–water partition coefficient (Wildman–Crippen LogP) is 5.49. The molecular formula is C20H20N2OS. The van der Waals surface area contributed by atoms with Crippen LogP contribution in [0.15, 0.2) is 53.9 Å². The minimum absolute atomic E-state index is 0.130. The van der Waals surface area contributed by atoms with Gasteiger partial charge in [0.15, 0.2) is 5.13 Å². The van der Waals surface area contributed by atoms with Gasteiger partial charge in [-0.05, 0) is 30.5 Å². The van der Waals surface area contributed by atoms with Crippen molar-refractivity contribution < 1.29 is 4.79 Å². The first-order chi connectivity index (χ1) is 11.5. The molecule has 0 aliphatic rings. The third kappa shape index (κ3) is 3.71. The molecule has 1 aromatic heterocycles. The van der Waals surface area contributed by atoms with Gasteiger partial charge in [-0.2, -0.15) is 0 Å². The molecule has 0 saturated heterocycles.